The number of carbonyl (C=O) groups excluding carboxylic acids is 3. The number of nitrogens with zero attached hydrogens (tertiary/aromatic N) is 2. The molecule has 2 aromatic rings. The number of rotatable bonds is 6. The molecule has 2 bridgehead atoms. The quantitative estimate of drug-likeness (QED) is 0.332. The number of amides is 1. The van der Waals surface area contributed by atoms with E-state index in [4.69, 9.17) is 9.47 Å². The van der Waals surface area contributed by atoms with Crippen LogP contribution in [0.1, 0.15) is 49.8 Å². The van der Waals surface area contributed by atoms with Crippen molar-refractivity contribution in [2.45, 2.75) is 63.1 Å². The van der Waals surface area contributed by atoms with Crippen LogP contribution >= 0.6 is 0 Å². The summed E-state index contributed by atoms with van der Waals surface area (Å²) < 4.78 is 12.4. The Morgan fingerprint density at radius 1 is 1.13 bits per heavy atom. The van der Waals surface area contributed by atoms with Crippen molar-refractivity contribution in [2.75, 3.05) is 20.1 Å². The first-order valence-corrected chi connectivity index (χ1v) is 13.5. The number of ketones is 1. The fourth-order valence-electron chi connectivity index (χ4n) is 7.71. The summed E-state index contributed by atoms with van der Waals surface area (Å²) in [6.45, 7) is 4.32. The third kappa shape index (κ3) is 3.87. The van der Waals surface area contributed by atoms with Crippen molar-refractivity contribution in [1.82, 2.24) is 9.80 Å². The molecule has 0 unspecified atom stereocenters. The van der Waals surface area contributed by atoms with Gasteiger partial charge in [-0.05, 0) is 68.3 Å². The first-order chi connectivity index (χ1) is 18.3. The Balaban J connectivity index is 1.38. The molecule has 2 aliphatic carbocycles. The number of likely N-dealkylation sites (tertiary alicyclic amines) is 1. The van der Waals surface area contributed by atoms with Crippen LogP contribution in [0.4, 0.5) is 0 Å². The zero-order valence-electron chi connectivity index (χ0n) is 22.2. The molecule has 0 radical (unpaired) electrons. The summed E-state index contributed by atoms with van der Waals surface area (Å²) in [7, 11) is 1.87. The Kier molecular flexibility index (Phi) is 6.14. The van der Waals surface area contributed by atoms with Crippen LogP contribution in [0.2, 0.25) is 0 Å². The first kappa shape index (κ1) is 24.9. The monoisotopic (exact) mass is 514 g/mol. The van der Waals surface area contributed by atoms with Gasteiger partial charge in [0.15, 0.2) is 11.5 Å². The smallest absolute Gasteiger partial charge is 0.308 e. The number of carbonyl (C=O) groups is 3. The Labute approximate surface area is 223 Å². The van der Waals surface area contributed by atoms with Crippen LogP contribution in [-0.4, -0.2) is 65.8 Å². The number of hydrogen-bond acceptors (Lipinski definition) is 6. The largest absolute Gasteiger partial charge is 0.483 e. The van der Waals surface area contributed by atoms with E-state index in [0.29, 0.717) is 24.0 Å². The number of Topliss-reactive ketones (excluding diaryl/α,β-unsaturated/α-hetero) is 1. The second kappa shape index (κ2) is 9.38. The van der Waals surface area contributed by atoms with Gasteiger partial charge in [-0.1, -0.05) is 36.4 Å². The molecule has 2 fully saturated rings. The van der Waals surface area contributed by atoms with Crippen molar-refractivity contribution in [3.8, 4) is 11.5 Å². The molecule has 38 heavy (non-hydrogen) atoms. The molecule has 5 atom stereocenters. The van der Waals surface area contributed by atoms with E-state index in [2.05, 4.69) is 11.0 Å². The molecule has 2 aromatic carbocycles. The molecule has 0 aromatic heterocycles. The minimum Gasteiger partial charge on any atom is -0.483 e. The van der Waals surface area contributed by atoms with Gasteiger partial charge in [0.05, 0.1) is 12.6 Å². The molecule has 0 N–H and O–H groups in total. The average Bonchev–Trinajstić information content (AvgIpc) is 3.24. The van der Waals surface area contributed by atoms with Gasteiger partial charge < -0.3 is 14.4 Å². The van der Waals surface area contributed by atoms with E-state index in [1.54, 1.807) is 13.0 Å². The van der Waals surface area contributed by atoms with Crippen molar-refractivity contribution < 1.29 is 23.9 Å². The molecule has 2 aliphatic heterocycles. The van der Waals surface area contributed by atoms with Gasteiger partial charge in [0.25, 0.3) is 0 Å². The molecular formula is C31H34N2O5. The molecule has 4 aliphatic rings. The third-order valence-corrected chi connectivity index (χ3v) is 9.13. The zero-order valence-corrected chi connectivity index (χ0v) is 22.2. The second-order valence-electron chi connectivity index (χ2n) is 11.2. The maximum Gasteiger partial charge on any atom is 0.308 e. The highest BCUT2D eigenvalue weighted by atomic mass is 16.6. The van der Waals surface area contributed by atoms with Gasteiger partial charge in [-0.25, -0.2) is 0 Å². The molecule has 7 nitrogen and oxygen atoms in total. The highest BCUT2D eigenvalue weighted by Crippen LogP contribution is 2.64. The van der Waals surface area contributed by atoms with Gasteiger partial charge in [-0.3, -0.25) is 19.3 Å². The van der Waals surface area contributed by atoms with E-state index in [9.17, 15) is 14.4 Å². The summed E-state index contributed by atoms with van der Waals surface area (Å²) in [6.07, 6.45) is 6.69. The minimum absolute atomic E-state index is 0.0601. The lowest BCUT2D eigenvalue weighted by Crippen LogP contribution is -2.69. The van der Waals surface area contributed by atoms with E-state index in [1.165, 1.54) is 12.5 Å². The topological polar surface area (TPSA) is 76.2 Å². The van der Waals surface area contributed by atoms with Crippen molar-refractivity contribution in [1.29, 1.82) is 0 Å². The Hall–Kier alpha value is -3.45. The van der Waals surface area contributed by atoms with Gasteiger partial charge in [0.2, 0.25) is 5.91 Å². The summed E-state index contributed by atoms with van der Waals surface area (Å²) in [5.74, 6) is 1.17. The molecule has 198 valence electrons. The van der Waals surface area contributed by atoms with Crippen LogP contribution in [0, 0.1) is 5.92 Å². The van der Waals surface area contributed by atoms with Gasteiger partial charge in [0, 0.05) is 37.1 Å². The minimum atomic E-state index is -0.381. The SMILES string of the molecule is CC(=O)CN1CC[C@]23c4c5ccc(OC(C)=O)c4O[C@H]2[C@@H](N(C)C(=O)C=Cc2ccccc2)CC[C@H]3[C@H]1C5. The predicted molar refractivity (Wildman–Crippen MR) is 143 cm³/mol. The lowest BCUT2D eigenvalue weighted by atomic mass is 9.51. The molecule has 1 amide bonds. The number of benzene rings is 2. The van der Waals surface area contributed by atoms with Crippen LogP contribution in [0.5, 0.6) is 11.5 Å². The maximum absolute atomic E-state index is 13.4. The fraction of sp³-hybridized carbons (Fsp3) is 0.452. The number of hydrogen-bond donors (Lipinski definition) is 0. The third-order valence-electron chi connectivity index (χ3n) is 9.13. The predicted octanol–water partition coefficient (Wildman–Crippen LogP) is 3.78. The molecule has 7 heteroatoms. The van der Waals surface area contributed by atoms with Crippen LogP contribution in [-0.2, 0) is 26.2 Å². The lowest BCUT2D eigenvalue weighted by molar-refractivity contribution is -0.136. The van der Waals surface area contributed by atoms with Crippen LogP contribution in [0.15, 0.2) is 48.5 Å². The van der Waals surface area contributed by atoms with Crippen molar-refractivity contribution >= 4 is 23.7 Å². The Morgan fingerprint density at radius 2 is 1.92 bits per heavy atom. The second-order valence-corrected chi connectivity index (χ2v) is 11.2. The first-order valence-electron chi connectivity index (χ1n) is 13.5. The molecule has 6 rings (SSSR count). The summed E-state index contributed by atoms with van der Waals surface area (Å²) in [5.41, 5.74) is 3.06. The standard InChI is InChI=1S/C31H34N2O5/c1-19(34)18-33-16-15-31-23-11-12-24(32(3)27(36)14-9-21-7-5-4-6-8-21)30(31)38-29-26(37-20(2)35)13-10-22(28(29)31)17-25(23)33/h4-10,13-14,23-25,30H,11-12,15-18H2,1-3H3/t23-,24-,25+,30-,31-/m0/s1. The lowest BCUT2D eigenvalue weighted by Gasteiger charge is -2.60. The normalized spacial score (nSPS) is 28.9. The summed E-state index contributed by atoms with van der Waals surface area (Å²) in [4.78, 5) is 41.6. The fourth-order valence-corrected chi connectivity index (χ4v) is 7.71. The average molecular weight is 515 g/mol. The van der Waals surface area contributed by atoms with Gasteiger partial charge in [0.1, 0.15) is 11.9 Å². The van der Waals surface area contributed by atoms with Crippen molar-refractivity contribution in [3.63, 3.8) is 0 Å². The molecule has 1 saturated carbocycles. The van der Waals surface area contributed by atoms with Gasteiger partial charge in [-0.15, -0.1) is 0 Å². The van der Waals surface area contributed by atoms with Crippen LogP contribution < -0.4 is 9.47 Å². The molecule has 2 heterocycles. The highest BCUT2D eigenvalue weighted by Gasteiger charge is 2.66. The summed E-state index contributed by atoms with van der Waals surface area (Å²) >= 11 is 0. The van der Waals surface area contributed by atoms with Crippen molar-refractivity contribution in [3.05, 3.63) is 65.2 Å². The van der Waals surface area contributed by atoms with Crippen molar-refractivity contribution in [2.24, 2.45) is 5.92 Å². The number of likely N-dealkylation sites (N-methyl/N-ethyl adjacent to an activating group) is 1. The number of ether oxygens (including phenoxy) is 2. The number of esters is 1. The van der Waals surface area contributed by atoms with E-state index >= 15 is 0 Å². The van der Waals surface area contributed by atoms with Crippen LogP contribution in [0.25, 0.3) is 6.08 Å². The Morgan fingerprint density at radius 3 is 2.66 bits per heavy atom. The van der Waals surface area contributed by atoms with E-state index in [-0.39, 0.29) is 41.3 Å². The zero-order chi connectivity index (χ0) is 26.6. The van der Waals surface area contributed by atoms with E-state index < -0.39 is 0 Å². The van der Waals surface area contributed by atoms with Gasteiger partial charge in [-0.2, -0.15) is 0 Å². The summed E-state index contributed by atoms with van der Waals surface area (Å²) in [6, 6.07) is 13.8. The van der Waals surface area contributed by atoms with Crippen LogP contribution in [0.3, 0.4) is 0 Å². The molecule has 1 spiro atoms. The van der Waals surface area contributed by atoms with E-state index in [0.717, 1.165) is 43.4 Å². The number of piperidine rings is 1. The maximum atomic E-state index is 13.4. The summed E-state index contributed by atoms with van der Waals surface area (Å²) in [5, 5.41) is 0. The Bertz CT molecular complexity index is 1320. The van der Waals surface area contributed by atoms with E-state index in [1.807, 2.05) is 54.4 Å². The highest BCUT2D eigenvalue weighted by molar-refractivity contribution is 5.92. The molecular weight excluding hydrogens is 480 g/mol. The molecule has 1 saturated heterocycles. The van der Waals surface area contributed by atoms with Gasteiger partial charge >= 0.3 is 5.97 Å².